The number of hydrogen-bond donors (Lipinski definition) is 3. The molecule has 5 nitrogen and oxygen atoms in total. The maximum atomic E-state index is 12.2. The van der Waals surface area contributed by atoms with Gasteiger partial charge in [-0.2, -0.15) is 0 Å². The van der Waals surface area contributed by atoms with E-state index in [4.69, 9.17) is 5.73 Å². The van der Waals surface area contributed by atoms with Crippen LogP contribution in [0.3, 0.4) is 0 Å². The summed E-state index contributed by atoms with van der Waals surface area (Å²) in [6.45, 7) is 2.59. The average Bonchev–Trinajstić information content (AvgIpc) is 2.36. The first kappa shape index (κ1) is 14.0. The highest BCUT2D eigenvalue weighted by molar-refractivity contribution is 5.92. The molecule has 1 aliphatic carbocycles. The molecule has 0 spiro atoms. The Balaban J connectivity index is 2.70. The fourth-order valence-electron chi connectivity index (χ4n) is 2.29. The first-order valence-electron chi connectivity index (χ1n) is 6.44. The van der Waals surface area contributed by atoms with Crippen LogP contribution in [0, 0.1) is 0 Å². The van der Waals surface area contributed by atoms with Crippen molar-refractivity contribution in [2.24, 2.45) is 5.73 Å². The molecule has 1 saturated carbocycles. The minimum atomic E-state index is -0.718. The standard InChI is InChI=1S/C12H23N3O2/c1-2-8-14-11(17)12(15-10(16)9-13)6-4-3-5-7-12/h2-9,13H2,1H3,(H,14,17)(H,15,16). The lowest BCUT2D eigenvalue weighted by molar-refractivity contribution is -0.134. The summed E-state index contributed by atoms with van der Waals surface area (Å²) in [5.74, 6) is -0.306. The van der Waals surface area contributed by atoms with Crippen LogP contribution in [-0.2, 0) is 9.59 Å². The highest BCUT2D eigenvalue weighted by Crippen LogP contribution is 2.28. The second-order valence-corrected chi connectivity index (χ2v) is 4.65. The number of carbonyl (C=O) groups is 2. The molecule has 0 aromatic rings. The summed E-state index contributed by atoms with van der Waals surface area (Å²) in [6, 6.07) is 0. The Bertz CT molecular complexity index is 273. The maximum Gasteiger partial charge on any atom is 0.245 e. The van der Waals surface area contributed by atoms with E-state index < -0.39 is 5.54 Å². The highest BCUT2D eigenvalue weighted by Gasteiger charge is 2.40. The predicted molar refractivity (Wildman–Crippen MR) is 66.3 cm³/mol. The number of hydrogen-bond acceptors (Lipinski definition) is 3. The fourth-order valence-corrected chi connectivity index (χ4v) is 2.29. The second kappa shape index (κ2) is 6.59. The molecule has 4 N–H and O–H groups in total. The van der Waals surface area contributed by atoms with Crippen molar-refractivity contribution >= 4 is 11.8 Å². The zero-order chi connectivity index (χ0) is 12.7. The third-order valence-electron chi connectivity index (χ3n) is 3.24. The predicted octanol–water partition coefficient (Wildman–Crippen LogP) is 0.290. The van der Waals surface area contributed by atoms with E-state index in [2.05, 4.69) is 10.6 Å². The molecule has 2 amide bonds. The Morgan fingerprint density at radius 2 is 1.88 bits per heavy atom. The van der Waals surface area contributed by atoms with Crippen molar-refractivity contribution in [1.29, 1.82) is 0 Å². The summed E-state index contributed by atoms with van der Waals surface area (Å²) >= 11 is 0. The Morgan fingerprint density at radius 1 is 1.24 bits per heavy atom. The fraction of sp³-hybridized carbons (Fsp3) is 0.833. The van der Waals surface area contributed by atoms with Gasteiger partial charge in [-0.15, -0.1) is 0 Å². The molecule has 0 aromatic heterocycles. The van der Waals surface area contributed by atoms with Gasteiger partial charge in [0.2, 0.25) is 11.8 Å². The average molecular weight is 241 g/mol. The van der Waals surface area contributed by atoms with Crippen molar-refractivity contribution in [3.63, 3.8) is 0 Å². The van der Waals surface area contributed by atoms with Gasteiger partial charge in [-0.1, -0.05) is 26.2 Å². The van der Waals surface area contributed by atoms with E-state index in [1.807, 2.05) is 6.92 Å². The topological polar surface area (TPSA) is 84.2 Å². The normalized spacial score (nSPS) is 18.5. The van der Waals surface area contributed by atoms with Gasteiger partial charge in [0.15, 0.2) is 0 Å². The molecule has 1 aliphatic rings. The monoisotopic (exact) mass is 241 g/mol. The van der Waals surface area contributed by atoms with Crippen LogP contribution in [0.15, 0.2) is 0 Å². The van der Waals surface area contributed by atoms with Gasteiger partial charge in [0.25, 0.3) is 0 Å². The molecule has 0 bridgehead atoms. The van der Waals surface area contributed by atoms with E-state index in [1.165, 1.54) is 0 Å². The number of amides is 2. The highest BCUT2D eigenvalue weighted by atomic mass is 16.2. The molecular formula is C12H23N3O2. The number of rotatable bonds is 5. The van der Waals surface area contributed by atoms with Crippen molar-refractivity contribution in [3.8, 4) is 0 Å². The molecule has 1 fully saturated rings. The molecule has 0 heterocycles. The Kier molecular flexibility index (Phi) is 5.41. The molecule has 1 rings (SSSR count). The van der Waals surface area contributed by atoms with Crippen LogP contribution >= 0.6 is 0 Å². The van der Waals surface area contributed by atoms with E-state index in [0.29, 0.717) is 19.4 Å². The van der Waals surface area contributed by atoms with Crippen LogP contribution in [0.1, 0.15) is 45.4 Å². The van der Waals surface area contributed by atoms with E-state index in [0.717, 1.165) is 25.7 Å². The Hall–Kier alpha value is -1.10. The SMILES string of the molecule is CCCNC(=O)C1(NC(=O)CN)CCCCC1. The molecule has 0 unspecified atom stereocenters. The van der Waals surface area contributed by atoms with Gasteiger partial charge in [0, 0.05) is 6.54 Å². The van der Waals surface area contributed by atoms with Crippen LogP contribution < -0.4 is 16.4 Å². The van der Waals surface area contributed by atoms with Gasteiger partial charge in [0.1, 0.15) is 5.54 Å². The summed E-state index contributed by atoms with van der Waals surface area (Å²) in [4.78, 5) is 23.6. The van der Waals surface area contributed by atoms with Crippen molar-refractivity contribution in [3.05, 3.63) is 0 Å². The molecular weight excluding hydrogens is 218 g/mol. The summed E-state index contributed by atoms with van der Waals surface area (Å²) in [5, 5.41) is 5.69. The number of carbonyl (C=O) groups excluding carboxylic acids is 2. The third-order valence-corrected chi connectivity index (χ3v) is 3.24. The molecule has 0 saturated heterocycles. The molecule has 98 valence electrons. The minimum Gasteiger partial charge on any atom is -0.354 e. The molecule has 0 atom stereocenters. The van der Waals surface area contributed by atoms with Gasteiger partial charge < -0.3 is 16.4 Å². The first-order valence-corrected chi connectivity index (χ1v) is 6.44. The number of nitrogens with one attached hydrogen (secondary N) is 2. The van der Waals surface area contributed by atoms with Gasteiger partial charge in [0.05, 0.1) is 6.54 Å². The van der Waals surface area contributed by atoms with Crippen LogP contribution in [0.5, 0.6) is 0 Å². The quantitative estimate of drug-likeness (QED) is 0.647. The molecule has 0 aliphatic heterocycles. The molecule has 17 heavy (non-hydrogen) atoms. The smallest absolute Gasteiger partial charge is 0.245 e. The maximum absolute atomic E-state index is 12.2. The van der Waals surface area contributed by atoms with Crippen molar-refractivity contribution in [2.75, 3.05) is 13.1 Å². The van der Waals surface area contributed by atoms with E-state index in [1.54, 1.807) is 0 Å². The zero-order valence-electron chi connectivity index (χ0n) is 10.6. The third kappa shape index (κ3) is 3.70. The van der Waals surface area contributed by atoms with Crippen molar-refractivity contribution in [1.82, 2.24) is 10.6 Å². The summed E-state index contributed by atoms with van der Waals surface area (Å²) in [6.07, 6.45) is 5.41. The van der Waals surface area contributed by atoms with Gasteiger partial charge in [-0.3, -0.25) is 9.59 Å². The van der Waals surface area contributed by atoms with E-state index in [9.17, 15) is 9.59 Å². The van der Waals surface area contributed by atoms with Crippen molar-refractivity contribution < 1.29 is 9.59 Å². The lowest BCUT2D eigenvalue weighted by Crippen LogP contribution is -2.60. The van der Waals surface area contributed by atoms with E-state index in [-0.39, 0.29) is 18.4 Å². The van der Waals surface area contributed by atoms with Crippen LogP contribution in [0.4, 0.5) is 0 Å². The van der Waals surface area contributed by atoms with Gasteiger partial charge >= 0.3 is 0 Å². The van der Waals surface area contributed by atoms with Gasteiger partial charge in [-0.05, 0) is 19.3 Å². The molecule has 0 aromatic carbocycles. The molecule has 5 heteroatoms. The number of nitrogens with two attached hydrogens (primary N) is 1. The van der Waals surface area contributed by atoms with Crippen molar-refractivity contribution in [2.45, 2.75) is 51.0 Å². The largest absolute Gasteiger partial charge is 0.354 e. The summed E-state index contributed by atoms with van der Waals surface area (Å²) < 4.78 is 0. The lowest BCUT2D eigenvalue weighted by Gasteiger charge is -2.36. The summed E-state index contributed by atoms with van der Waals surface area (Å²) in [7, 11) is 0. The lowest BCUT2D eigenvalue weighted by atomic mass is 9.80. The minimum absolute atomic E-state index is 0.0548. The van der Waals surface area contributed by atoms with Crippen LogP contribution in [0.25, 0.3) is 0 Å². The van der Waals surface area contributed by atoms with Gasteiger partial charge in [-0.25, -0.2) is 0 Å². The summed E-state index contributed by atoms with van der Waals surface area (Å²) in [5.41, 5.74) is 4.59. The van der Waals surface area contributed by atoms with Crippen LogP contribution in [-0.4, -0.2) is 30.4 Å². The zero-order valence-corrected chi connectivity index (χ0v) is 10.6. The molecule has 0 radical (unpaired) electrons. The Labute approximate surface area is 103 Å². The second-order valence-electron chi connectivity index (χ2n) is 4.65. The van der Waals surface area contributed by atoms with E-state index >= 15 is 0 Å². The first-order chi connectivity index (χ1) is 8.14. The Morgan fingerprint density at radius 3 is 2.41 bits per heavy atom. The van der Waals surface area contributed by atoms with Crippen LogP contribution in [0.2, 0.25) is 0 Å².